The van der Waals surface area contributed by atoms with Gasteiger partial charge in [-0.2, -0.15) is 5.10 Å². The number of hydrogen-bond acceptors (Lipinski definition) is 3. The Labute approximate surface area is 95.4 Å². The molecule has 0 aliphatic carbocycles. The van der Waals surface area contributed by atoms with Gasteiger partial charge in [-0.1, -0.05) is 13.8 Å². The molecule has 16 heavy (non-hydrogen) atoms. The van der Waals surface area contributed by atoms with Crippen molar-refractivity contribution in [2.45, 2.75) is 27.4 Å². The number of H-pyrrole nitrogens is 1. The van der Waals surface area contributed by atoms with Crippen LogP contribution in [-0.4, -0.2) is 20.3 Å². The first-order chi connectivity index (χ1) is 7.83. The molecular weight excluding hydrogens is 202 g/mol. The summed E-state index contributed by atoms with van der Waals surface area (Å²) in [5.74, 6) is 0. The number of aryl methyl sites for hydroxylation is 1. The summed E-state index contributed by atoms with van der Waals surface area (Å²) in [6.07, 6.45) is 3.45. The second-order valence-corrected chi connectivity index (χ2v) is 3.06. The Morgan fingerprint density at radius 2 is 1.88 bits per heavy atom. The molecule has 0 aliphatic rings. The van der Waals surface area contributed by atoms with E-state index in [9.17, 15) is 0 Å². The van der Waals surface area contributed by atoms with Crippen molar-refractivity contribution in [2.24, 2.45) is 0 Å². The van der Waals surface area contributed by atoms with Crippen molar-refractivity contribution >= 4 is 0 Å². The normalized spacial score (nSPS) is 9.50. The average Bonchev–Trinajstić information content (AvgIpc) is 2.74. The van der Waals surface area contributed by atoms with Crippen LogP contribution in [0.15, 0.2) is 24.5 Å². The molecule has 86 valence electrons. The molecule has 0 unspecified atom stereocenters. The van der Waals surface area contributed by atoms with Gasteiger partial charge in [0.2, 0.25) is 0 Å². The fourth-order valence-electron chi connectivity index (χ4n) is 1.50. The van der Waals surface area contributed by atoms with Crippen molar-refractivity contribution in [1.29, 1.82) is 0 Å². The number of nitrogens with zero attached hydrogens (tertiary/aromatic N) is 2. The number of hydrogen-bond donors (Lipinski definition) is 2. The lowest BCUT2D eigenvalue weighted by molar-refractivity contribution is 0.277. The Morgan fingerprint density at radius 3 is 2.44 bits per heavy atom. The highest BCUT2D eigenvalue weighted by atomic mass is 16.3. The van der Waals surface area contributed by atoms with Crippen LogP contribution in [0.4, 0.5) is 0 Å². The average molecular weight is 219 g/mol. The standard InChI is InChI=1S/C10H11N3O.C2H6/c1-7-10(9(6-14)13-12-7)8-2-4-11-5-3-8;1-2/h2-5,14H,6H2,1H3,(H,12,13);1-2H3. The molecule has 0 radical (unpaired) electrons. The highest BCUT2D eigenvalue weighted by molar-refractivity contribution is 5.67. The van der Waals surface area contributed by atoms with Gasteiger partial charge in [-0.05, 0) is 24.6 Å². The van der Waals surface area contributed by atoms with Crippen LogP contribution in [0.25, 0.3) is 11.1 Å². The fourth-order valence-corrected chi connectivity index (χ4v) is 1.50. The van der Waals surface area contributed by atoms with E-state index in [1.807, 2.05) is 32.9 Å². The van der Waals surface area contributed by atoms with E-state index in [0.29, 0.717) is 5.69 Å². The summed E-state index contributed by atoms with van der Waals surface area (Å²) in [6.45, 7) is 5.88. The number of aliphatic hydroxyl groups is 1. The smallest absolute Gasteiger partial charge is 0.0957 e. The van der Waals surface area contributed by atoms with Gasteiger partial charge >= 0.3 is 0 Å². The van der Waals surface area contributed by atoms with E-state index in [-0.39, 0.29) is 6.61 Å². The number of nitrogens with one attached hydrogen (secondary N) is 1. The number of pyridine rings is 1. The first-order valence-electron chi connectivity index (χ1n) is 5.38. The summed E-state index contributed by atoms with van der Waals surface area (Å²) in [5.41, 5.74) is 3.62. The van der Waals surface area contributed by atoms with E-state index in [1.54, 1.807) is 12.4 Å². The van der Waals surface area contributed by atoms with Gasteiger partial charge in [-0.3, -0.25) is 10.1 Å². The first-order valence-corrected chi connectivity index (χ1v) is 5.38. The summed E-state index contributed by atoms with van der Waals surface area (Å²) in [7, 11) is 0. The minimum Gasteiger partial charge on any atom is -0.390 e. The van der Waals surface area contributed by atoms with Crippen LogP contribution in [0.2, 0.25) is 0 Å². The second kappa shape index (κ2) is 6.02. The third-order valence-corrected chi connectivity index (χ3v) is 2.14. The Morgan fingerprint density at radius 1 is 1.25 bits per heavy atom. The highest BCUT2D eigenvalue weighted by Crippen LogP contribution is 2.24. The van der Waals surface area contributed by atoms with E-state index in [1.165, 1.54) is 0 Å². The van der Waals surface area contributed by atoms with Gasteiger partial charge in [0.25, 0.3) is 0 Å². The molecular formula is C12H17N3O. The van der Waals surface area contributed by atoms with Crippen LogP contribution in [0.5, 0.6) is 0 Å². The van der Waals surface area contributed by atoms with E-state index in [2.05, 4.69) is 15.2 Å². The third-order valence-electron chi connectivity index (χ3n) is 2.14. The van der Waals surface area contributed by atoms with E-state index in [0.717, 1.165) is 16.8 Å². The summed E-state index contributed by atoms with van der Waals surface area (Å²) in [4.78, 5) is 3.95. The molecule has 0 spiro atoms. The molecule has 4 nitrogen and oxygen atoms in total. The van der Waals surface area contributed by atoms with Gasteiger partial charge in [-0.15, -0.1) is 0 Å². The van der Waals surface area contributed by atoms with Gasteiger partial charge in [-0.25, -0.2) is 0 Å². The SMILES string of the molecule is CC.Cc1[nH]nc(CO)c1-c1ccncc1. The van der Waals surface area contributed by atoms with Crippen LogP contribution in [0.3, 0.4) is 0 Å². The van der Waals surface area contributed by atoms with Crippen LogP contribution in [0.1, 0.15) is 25.2 Å². The third kappa shape index (κ3) is 2.46. The Hall–Kier alpha value is -1.68. The monoisotopic (exact) mass is 219 g/mol. The van der Waals surface area contributed by atoms with Crippen LogP contribution < -0.4 is 0 Å². The lowest BCUT2D eigenvalue weighted by Gasteiger charge is -2.00. The molecule has 0 aromatic carbocycles. The van der Waals surface area contributed by atoms with Crippen molar-refractivity contribution < 1.29 is 5.11 Å². The Bertz CT molecular complexity index is 423. The fraction of sp³-hybridized carbons (Fsp3) is 0.333. The second-order valence-electron chi connectivity index (χ2n) is 3.06. The van der Waals surface area contributed by atoms with Crippen LogP contribution >= 0.6 is 0 Å². The topological polar surface area (TPSA) is 61.8 Å². The summed E-state index contributed by atoms with van der Waals surface area (Å²) in [5, 5.41) is 16.0. The number of aliphatic hydroxyl groups excluding tert-OH is 1. The van der Waals surface area contributed by atoms with Gasteiger partial charge in [0.1, 0.15) is 0 Å². The molecule has 0 saturated carbocycles. The van der Waals surface area contributed by atoms with Crippen molar-refractivity contribution in [3.8, 4) is 11.1 Å². The molecule has 2 heterocycles. The molecule has 0 amide bonds. The minimum absolute atomic E-state index is 0.0536. The van der Waals surface area contributed by atoms with Crippen molar-refractivity contribution in [3.05, 3.63) is 35.9 Å². The van der Waals surface area contributed by atoms with Crippen molar-refractivity contribution in [2.75, 3.05) is 0 Å². The summed E-state index contributed by atoms with van der Waals surface area (Å²) in [6, 6.07) is 3.80. The quantitative estimate of drug-likeness (QED) is 0.814. The van der Waals surface area contributed by atoms with Gasteiger partial charge in [0.05, 0.1) is 12.3 Å². The largest absolute Gasteiger partial charge is 0.390 e. The zero-order chi connectivity index (χ0) is 12.0. The predicted molar refractivity (Wildman–Crippen MR) is 63.8 cm³/mol. The summed E-state index contributed by atoms with van der Waals surface area (Å²) < 4.78 is 0. The maximum atomic E-state index is 9.09. The first kappa shape index (κ1) is 12.4. The molecule has 0 atom stereocenters. The minimum atomic E-state index is -0.0536. The van der Waals surface area contributed by atoms with Gasteiger partial charge in [0.15, 0.2) is 0 Å². The molecule has 2 aromatic heterocycles. The maximum Gasteiger partial charge on any atom is 0.0957 e. The van der Waals surface area contributed by atoms with E-state index in [4.69, 9.17) is 5.11 Å². The Kier molecular flexibility index (Phi) is 4.66. The molecule has 2 N–H and O–H groups in total. The van der Waals surface area contributed by atoms with Crippen LogP contribution in [-0.2, 0) is 6.61 Å². The lowest BCUT2D eigenvalue weighted by atomic mass is 10.1. The van der Waals surface area contributed by atoms with Gasteiger partial charge in [0, 0.05) is 23.7 Å². The number of aromatic nitrogens is 3. The number of aromatic amines is 1. The molecule has 0 saturated heterocycles. The number of rotatable bonds is 2. The predicted octanol–water partition coefficient (Wildman–Crippen LogP) is 2.30. The molecule has 2 aromatic rings. The Balaban J connectivity index is 0.000000606. The van der Waals surface area contributed by atoms with E-state index < -0.39 is 0 Å². The zero-order valence-electron chi connectivity index (χ0n) is 9.86. The highest BCUT2D eigenvalue weighted by Gasteiger charge is 2.10. The van der Waals surface area contributed by atoms with Crippen molar-refractivity contribution in [3.63, 3.8) is 0 Å². The van der Waals surface area contributed by atoms with E-state index >= 15 is 0 Å². The molecule has 4 heteroatoms. The van der Waals surface area contributed by atoms with Crippen molar-refractivity contribution in [1.82, 2.24) is 15.2 Å². The molecule has 0 bridgehead atoms. The van der Waals surface area contributed by atoms with Crippen LogP contribution in [0, 0.1) is 6.92 Å². The molecule has 0 fully saturated rings. The lowest BCUT2D eigenvalue weighted by Crippen LogP contribution is -1.87. The molecule has 0 aliphatic heterocycles. The summed E-state index contributed by atoms with van der Waals surface area (Å²) >= 11 is 0. The zero-order valence-corrected chi connectivity index (χ0v) is 9.86. The van der Waals surface area contributed by atoms with Gasteiger partial charge < -0.3 is 5.11 Å². The molecule has 2 rings (SSSR count). The maximum absolute atomic E-state index is 9.09.